The Labute approximate surface area is 149 Å². The molecule has 1 N–H and O–H groups in total. The summed E-state index contributed by atoms with van der Waals surface area (Å²) in [6.07, 6.45) is 2.65. The summed E-state index contributed by atoms with van der Waals surface area (Å²) in [6, 6.07) is 10.1. The number of carbonyl (C=O) groups excluding carboxylic acids is 2. The number of nitrogens with zero attached hydrogens (tertiary/aromatic N) is 1. The van der Waals surface area contributed by atoms with Crippen molar-refractivity contribution in [3.8, 4) is 0 Å². The van der Waals surface area contributed by atoms with Gasteiger partial charge in [-0.2, -0.15) is 0 Å². The molecule has 4 nitrogen and oxygen atoms in total. The third-order valence-corrected chi connectivity index (χ3v) is 5.61. The largest absolute Gasteiger partial charge is 0.352 e. The van der Waals surface area contributed by atoms with E-state index in [0.29, 0.717) is 11.6 Å². The zero-order valence-electron chi connectivity index (χ0n) is 14.8. The number of hydrogen-bond acceptors (Lipinski definition) is 3. The van der Waals surface area contributed by atoms with Gasteiger partial charge in [-0.05, 0) is 31.7 Å². The second-order valence-corrected chi connectivity index (χ2v) is 7.57. The van der Waals surface area contributed by atoms with Gasteiger partial charge in [0.05, 0.1) is 5.88 Å². The Morgan fingerprint density at radius 3 is 2.67 bits per heavy atom. The lowest BCUT2D eigenvalue weighted by Gasteiger charge is -2.26. The first-order valence-corrected chi connectivity index (χ1v) is 9.91. The van der Waals surface area contributed by atoms with Crippen molar-refractivity contribution >= 4 is 23.6 Å². The molecule has 5 heteroatoms. The predicted octanol–water partition coefficient (Wildman–Crippen LogP) is 3.07. The maximum atomic E-state index is 12.6. The molecule has 0 spiro atoms. The fourth-order valence-corrected chi connectivity index (χ4v) is 3.94. The standard InChI is InChI=1S/C19H28N2O2S/c1-4-14(2)19(23)21-13-24-12-17(21)18(22)20-15(3)10-11-16-8-6-5-7-9-16/h5-9,14-15,17H,4,10-13H2,1-3H3,(H,20,22). The monoisotopic (exact) mass is 348 g/mol. The summed E-state index contributed by atoms with van der Waals surface area (Å²) in [5.41, 5.74) is 1.28. The molecule has 0 aliphatic carbocycles. The first-order valence-electron chi connectivity index (χ1n) is 8.75. The molecular weight excluding hydrogens is 320 g/mol. The van der Waals surface area contributed by atoms with Gasteiger partial charge < -0.3 is 10.2 Å². The van der Waals surface area contributed by atoms with Crippen LogP contribution in [0.2, 0.25) is 0 Å². The van der Waals surface area contributed by atoms with Gasteiger partial charge in [-0.3, -0.25) is 9.59 Å². The number of thioether (sulfide) groups is 1. The zero-order valence-corrected chi connectivity index (χ0v) is 15.6. The molecule has 0 aromatic heterocycles. The van der Waals surface area contributed by atoms with Crippen LogP contribution in [0.15, 0.2) is 30.3 Å². The van der Waals surface area contributed by atoms with Crippen molar-refractivity contribution in [3.63, 3.8) is 0 Å². The molecule has 3 unspecified atom stereocenters. The van der Waals surface area contributed by atoms with E-state index < -0.39 is 0 Å². The highest BCUT2D eigenvalue weighted by Gasteiger charge is 2.36. The molecule has 1 saturated heterocycles. The molecule has 132 valence electrons. The van der Waals surface area contributed by atoms with E-state index in [2.05, 4.69) is 17.4 Å². The van der Waals surface area contributed by atoms with Gasteiger partial charge in [0.15, 0.2) is 0 Å². The molecule has 1 aromatic carbocycles. The SMILES string of the molecule is CCC(C)C(=O)N1CSCC1C(=O)NC(C)CCc1ccccc1. The maximum absolute atomic E-state index is 12.6. The lowest BCUT2D eigenvalue weighted by Crippen LogP contribution is -2.50. The van der Waals surface area contributed by atoms with Crippen molar-refractivity contribution < 1.29 is 9.59 Å². The van der Waals surface area contributed by atoms with Crippen LogP contribution in [0.1, 0.15) is 39.2 Å². The summed E-state index contributed by atoms with van der Waals surface area (Å²) < 4.78 is 0. The van der Waals surface area contributed by atoms with E-state index in [1.54, 1.807) is 16.7 Å². The molecule has 1 aromatic rings. The Kier molecular flexibility index (Phi) is 7.16. The van der Waals surface area contributed by atoms with Crippen molar-refractivity contribution in [3.05, 3.63) is 35.9 Å². The van der Waals surface area contributed by atoms with E-state index in [4.69, 9.17) is 0 Å². The Morgan fingerprint density at radius 2 is 2.00 bits per heavy atom. The first kappa shape index (κ1) is 18.8. The summed E-state index contributed by atoms with van der Waals surface area (Å²) in [5, 5.41) is 3.09. The van der Waals surface area contributed by atoms with E-state index in [-0.39, 0.29) is 29.8 Å². The minimum Gasteiger partial charge on any atom is -0.352 e. The quantitative estimate of drug-likeness (QED) is 0.824. The van der Waals surface area contributed by atoms with Crippen LogP contribution in [0.5, 0.6) is 0 Å². The molecule has 0 radical (unpaired) electrons. The maximum Gasteiger partial charge on any atom is 0.243 e. The fraction of sp³-hybridized carbons (Fsp3) is 0.579. The number of hydrogen-bond donors (Lipinski definition) is 1. The van der Waals surface area contributed by atoms with E-state index in [1.807, 2.05) is 39.0 Å². The number of nitrogens with one attached hydrogen (secondary N) is 1. The van der Waals surface area contributed by atoms with E-state index in [0.717, 1.165) is 19.3 Å². The lowest BCUT2D eigenvalue weighted by atomic mass is 10.1. The summed E-state index contributed by atoms with van der Waals surface area (Å²) in [4.78, 5) is 26.7. The predicted molar refractivity (Wildman–Crippen MR) is 99.8 cm³/mol. The lowest BCUT2D eigenvalue weighted by molar-refractivity contribution is -0.141. The summed E-state index contributed by atoms with van der Waals surface area (Å²) in [7, 11) is 0. The van der Waals surface area contributed by atoms with Gasteiger partial charge in [0.1, 0.15) is 6.04 Å². The molecule has 1 fully saturated rings. The Morgan fingerprint density at radius 1 is 1.29 bits per heavy atom. The van der Waals surface area contributed by atoms with Crippen molar-refractivity contribution in [2.45, 2.75) is 52.1 Å². The van der Waals surface area contributed by atoms with Crippen LogP contribution in [0.25, 0.3) is 0 Å². The minimum atomic E-state index is -0.323. The second-order valence-electron chi connectivity index (χ2n) is 6.57. The molecule has 1 heterocycles. The molecule has 24 heavy (non-hydrogen) atoms. The van der Waals surface area contributed by atoms with Crippen LogP contribution in [-0.4, -0.2) is 40.4 Å². The average Bonchev–Trinajstić information content (AvgIpc) is 3.09. The third kappa shape index (κ3) is 5.00. The van der Waals surface area contributed by atoms with Crippen LogP contribution in [-0.2, 0) is 16.0 Å². The molecule has 1 aliphatic heterocycles. The number of rotatable bonds is 7. The van der Waals surface area contributed by atoms with Crippen LogP contribution < -0.4 is 5.32 Å². The van der Waals surface area contributed by atoms with Gasteiger partial charge in [0, 0.05) is 17.7 Å². The van der Waals surface area contributed by atoms with Gasteiger partial charge in [0.2, 0.25) is 11.8 Å². The van der Waals surface area contributed by atoms with Gasteiger partial charge in [-0.1, -0.05) is 44.2 Å². The van der Waals surface area contributed by atoms with E-state index >= 15 is 0 Å². The zero-order chi connectivity index (χ0) is 17.5. The number of amides is 2. The molecule has 2 amide bonds. The third-order valence-electron chi connectivity index (χ3n) is 4.60. The van der Waals surface area contributed by atoms with Crippen LogP contribution in [0, 0.1) is 5.92 Å². The summed E-state index contributed by atoms with van der Waals surface area (Å²) >= 11 is 1.66. The van der Waals surface area contributed by atoms with Crippen molar-refractivity contribution in [1.29, 1.82) is 0 Å². The molecule has 0 saturated carbocycles. The van der Waals surface area contributed by atoms with Crippen molar-refractivity contribution in [2.24, 2.45) is 5.92 Å². The summed E-state index contributed by atoms with van der Waals surface area (Å²) in [6.45, 7) is 5.97. The molecule has 1 aliphatic rings. The highest BCUT2D eigenvalue weighted by molar-refractivity contribution is 7.99. The van der Waals surface area contributed by atoms with Gasteiger partial charge in [0.25, 0.3) is 0 Å². The minimum absolute atomic E-state index is 0.0165. The van der Waals surface area contributed by atoms with Crippen LogP contribution >= 0.6 is 11.8 Å². The number of benzene rings is 1. The van der Waals surface area contributed by atoms with Gasteiger partial charge in [-0.25, -0.2) is 0 Å². The Hall–Kier alpha value is -1.49. The first-order chi connectivity index (χ1) is 11.5. The average molecular weight is 349 g/mol. The van der Waals surface area contributed by atoms with Gasteiger partial charge >= 0.3 is 0 Å². The van der Waals surface area contributed by atoms with Crippen LogP contribution in [0.3, 0.4) is 0 Å². The van der Waals surface area contributed by atoms with Gasteiger partial charge in [-0.15, -0.1) is 11.8 Å². The van der Waals surface area contributed by atoms with E-state index in [9.17, 15) is 9.59 Å². The van der Waals surface area contributed by atoms with E-state index in [1.165, 1.54) is 5.56 Å². The molecular formula is C19H28N2O2S. The fourth-order valence-electron chi connectivity index (χ4n) is 2.77. The smallest absolute Gasteiger partial charge is 0.243 e. The molecule has 0 bridgehead atoms. The highest BCUT2D eigenvalue weighted by Crippen LogP contribution is 2.24. The van der Waals surface area contributed by atoms with Crippen LogP contribution in [0.4, 0.5) is 0 Å². The summed E-state index contributed by atoms with van der Waals surface area (Å²) in [5.74, 6) is 1.38. The highest BCUT2D eigenvalue weighted by atomic mass is 32.2. The number of aryl methyl sites for hydroxylation is 1. The van der Waals surface area contributed by atoms with Crippen molar-refractivity contribution in [1.82, 2.24) is 10.2 Å². The topological polar surface area (TPSA) is 49.4 Å². The second kappa shape index (κ2) is 9.11. The Bertz CT molecular complexity index is 550. The van der Waals surface area contributed by atoms with Crippen molar-refractivity contribution in [2.75, 3.05) is 11.6 Å². The Balaban J connectivity index is 1.85. The normalized spacial score (nSPS) is 19.8. The molecule has 3 atom stereocenters. The number of carbonyl (C=O) groups is 2. The molecule has 2 rings (SSSR count).